The van der Waals surface area contributed by atoms with Gasteiger partial charge < -0.3 is 25.2 Å². The van der Waals surface area contributed by atoms with Gasteiger partial charge in [-0.05, 0) is 30.3 Å². The third-order valence-corrected chi connectivity index (χ3v) is 7.39. The first kappa shape index (κ1) is 22.6. The number of hydrogen-bond donors (Lipinski definition) is 2. The van der Waals surface area contributed by atoms with E-state index in [4.69, 9.17) is 20.3 Å². The van der Waals surface area contributed by atoms with E-state index in [1.807, 2.05) is 4.90 Å². The smallest absolute Gasteiger partial charge is 0.335 e. The van der Waals surface area contributed by atoms with Crippen LogP contribution < -0.4 is 20.1 Å². The summed E-state index contributed by atoms with van der Waals surface area (Å²) in [6.45, 7) is 1.17. The molecule has 0 aliphatic carbocycles. The standard InChI is InChI=1S/C21H23N5O6S/c1-31-17-11-15-16(12-18(17)32-2)23-21(24-19(15)22)25-7-9-26(10-8-25)33(29,30)14-5-3-13(4-6-14)20(27)28/h3-6,11-12H,7-10H2,1-2H3,(H,27,28)(H2,22,23,24). The van der Waals surface area contributed by atoms with Crippen LogP contribution >= 0.6 is 0 Å². The van der Waals surface area contributed by atoms with Gasteiger partial charge >= 0.3 is 5.97 Å². The Morgan fingerprint density at radius 3 is 2.18 bits per heavy atom. The number of methoxy groups -OCH3 is 2. The van der Waals surface area contributed by atoms with Crippen LogP contribution in [0.2, 0.25) is 0 Å². The summed E-state index contributed by atoms with van der Waals surface area (Å²) in [6, 6.07) is 8.60. The van der Waals surface area contributed by atoms with E-state index in [0.717, 1.165) is 0 Å². The summed E-state index contributed by atoms with van der Waals surface area (Å²) in [7, 11) is -0.689. The number of rotatable bonds is 6. The number of carboxylic acids is 1. The number of nitrogens with zero attached hydrogens (tertiary/aromatic N) is 4. The molecule has 2 aromatic carbocycles. The lowest BCUT2D eigenvalue weighted by Gasteiger charge is -2.34. The molecule has 0 unspecified atom stereocenters. The lowest BCUT2D eigenvalue weighted by atomic mass is 10.2. The molecule has 0 atom stereocenters. The molecule has 0 amide bonds. The van der Waals surface area contributed by atoms with E-state index in [-0.39, 0.29) is 29.4 Å². The zero-order chi connectivity index (χ0) is 23.8. The van der Waals surface area contributed by atoms with E-state index in [1.54, 1.807) is 12.1 Å². The highest BCUT2D eigenvalue weighted by Gasteiger charge is 2.30. The Hall–Kier alpha value is -3.64. The van der Waals surface area contributed by atoms with E-state index < -0.39 is 16.0 Å². The average molecular weight is 474 g/mol. The number of anilines is 2. The first-order valence-electron chi connectivity index (χ1n) is 10.0. The van der Waals surface area contributed by atoms with Crippen molar-refractivity contribution in [3.05, 3.63) is 42.0 Å². The molecule has 12 heteroatoms. The van der Waals surface area contributed by atoms with Crippen molar-refractivity contribution in [3.63, 3.8) is 0 Å². The first-order valence-corrected chi connectivity index (χ1v) is 11.5. The number of carbonyl (C=O) groups is 1. The number of aromatic carboxylic acids is 1. The van der Waals surface area contributed by atoms with Gasteiger partial charge in [0.05, 0.1) is 30.2 Å². The summed E-state index contributed by atoms with van der Waals surface area (Å²) in [5, 5.41) is 9.63. The normalized spacial score (nSPS) is 14.9. The molecule has 1 aromatic heterocycles. The Kier molecular flexibility index (Phi) is 5.95. The van der Waals surface area contributed by atoms with Crippen molar-refractivity contribution in [2.45, 2.75) is 4.90 Å². The fourth-order valence-electron chi connectivity index (χ4n) is 3.66. The van der Waals surface area contributed by atoms with E-state index in [2.05, 4.69) is 9.97 Å². The Balaban J connectivity index is 1.54. The number of nitrogens with two attached hydrogens (primary N) is 1. The minimum Gasteiger partial charge on any atom is -0.493 e. The van der Waals surface area contributed by atoms with Gasteiger partial charge in [0.2, 0.25) is 16.0 Å². The van der Waals surface area contributed by atoms with Gasteiger partial charge in [0, 0.05) is 37.6 Å². The monoisotopic (exact) mass is 473 g/mol. The largest absolute Gasteiger partial charge is 0.493 e. The molecule has 3 N–H and O–H groups in total. The molecule has 33 heavy (non-hydrogen) atoms. The Morgan fingerprint density at radius 2 is 1.61 bits per heavy atom. The predicted molar refractivity (Wildman–Crippen MR) is 121 cm³/mol. The molecule has 0 radical (unpaired) electrons. The molecule has 3 aromatic rings. The van der Waals surface area contributed by atoms with Crippen molar-refractivity contribution >= 4 is 38.7 Å². The number of piperazine rings is 1. The van der Waals surface area contributed by atoms with E-state index in [0.29, 0.717) is 41.4 Å². The summed E-state index contributed by atoms with van der Waals surface area (Å²) in [4.78, 5) is 21.9. The number of aromatic nitrogens is 2. The zero-order valence-corrected chi connectivity index (χ0v) is 18.9. The van der Waals surface area contributed by atoms with Gasteiger partial charge in [0.15, 0.2) is 11.5 Å². The van der Waals surface area contributed by atoms with Gasteiger partial charge in [0.25, 0.3) is 0 Å². The molecule has 0 spiro atoms. The third-order valence-electron chi connectivity index (χ3n) is 5.48. The van der Waals surface area contributed by atoms with Crippen molar-refractivity contribution in [2.75, 3.05) is 51.0 Å². The molecule has 1 aliphatic heterocycles. The van der Waals surface area contributed by atoms with Gasteiger partial charge in [-0.15, -0.1) is 0 Å². The summed E-state index contributed by atoms with van der Waals surface area (Å²) >= 11 is 0. The minimum absolute atomic E-state index is 0.0269. The predicted octanol–water partition coefficient (Wildman–Crippen LogP) is 1.44. The second-order valence-corrected chi connectivity index (χ2v) is 9.29. The number of nitrogen functional groups attached to an aromatic ring is 1. The maximum atomic E-state index is 13.0. The first-order chi connectivity index (χ1) is 15.7. The maximum absolute atomic E-state index is 13.0. The molecule has 2 heterocycles. The Morgan fingerprint density at radius 1 is 1.00 bits per heavy atom. The van der Waals surface area contributed by atoms with Crippen LogP contribution in [0.5, 0.6) is 11.5 Å². The van der Waals surface area contributed by atoms with Crippen LogP contribution in [0.15, 0.2) is 41.3 Å². The molecule has 1 aliphatic rings. The fraction of sp³-hybridized carbons (Fsp3) is 0.286. The molecule has 1 saturated heterocycles. The number of ether oxygens (including phenoxy) is 2. The van der Waals surface area contributed by atoms with Crippen molar-refractivity contribution in [1.29, 1.82) is 0 Å². The van der Waals surface area contributed by atoms with Crippen LogP contribution in [0.1, 0.15) is 10.4 Å². The van der Waals surface area contributed by atoms with Crippen molar-refractivity contribution in [2.24, 2.45) is 0 Å². The SMILES string of the molecule is COc1cc2nc(N3CCN(S(=O)(=O)c4ccc(C(=O)O)cc4)CC3)nc(N)c2cc1OC. The highest BCUT2D eigenvalue weighted by molar-refractivity contribution is 7.89. The molecular weight excluding hydrogens is 450 g/mol. The van der Waals surface area contributed by atoms with Gasteiger partial charge in [-0.1, -0.05) is 0 Å². The maximum Gasteiger partial charge on any atom is 0.335 e. The number of benzene rings is 2. The third kappa shape index (κ3) is 4.22. The molecule has 1 fully saturated rings. The van der Waals surface area contributed by atoms with Gasteiger partial charge in [-0.2, -0.15) is 9.29 Å². The molecule has 0 bridgehead atoms. The Labute approximate surface area is 190 Å². The summed E-state index contributed by atoms with van der Waals surface area (Å²) in [5.74, 6) is 0.597. The van der Waals surface area contributed by atoms with Crippen LogP contribution in [-0.4, -0.2) is 74.2 Å². The number of fused-ring (bicyclic) bond motifs is 1. The molecule has 4 rings (SSSR count). The highest BCUT2D eigenvalue weighted by Crippen LogP contribution is 2.34. The number of sulfonamides is 1. The van der Waals surface area contributed by atoms with Gasteiger partial charge in [-0.25, -0.2) is 18.2 Å². The average Bonchev–Trinajstić information content (AvgIpc) is 2.83. The van der Waals surface area contributed by atoms with E-state index >= 15 is 0 Å². The quantitative estimate of drug-likeness (QED) is 0.539. The highest BCUT2D eigenvalue weighted by atomic mass is 32.2. The number of hydrogen-bond acceptors (Lipinski definition) is 9. The lowest BCUT2D eigenvalue weighted by molar-refractivity contribution is 0.0696. The van der Waals surface area contributed by atoms with Crippen molar-refractivity contribution < 1.29 is 27.8 Å². The van der Waals surface area contributed by atoms with Crippen LogP contribution in [0.3, 0.4) is 0 Å². The van der Waals surface area contributed by atoms with Gasteiger partial charge in [-0.3, -0.25) is 0 Å². The zero-order valence-electron chi connectivity index (χ0n) is 18.1. The lowest BCUT2D eigenvalue weighted by Crippen LogP contribution is -2.49. The molecule has 11 nitrogen and oxygen atoms in total. The molecular formula is C21H23N5O6S. The minimum atomic E-state index is -3.75. The second-order valence-electron chi connectivity index (χ2n) is 7.35. The van der Waals surface area contributed by atoms with Crippen molar-refractivity contribution in [1.82, 2.24) is 14.3 Å². The van der Waals surface area contributed by atoms with E-state index in [1.165, 1.54) is 42.8 Å². The van der Waals surface area contributed by atoms with Crippen LogP contribution in [-0.2, 0) is 10.0 Å². The summed E-state index contributed by atoms with van der Waals surface area (Å²) in [5.41, 5.74) is 6.78. The van der Waals surface area contributed by atoms with Gasteiger partial charge in [0.1, 0.15) is 5.82 Å². The van der Waals surface area contributed by atoms with E-state index in [9.17, 15) is 13.2 Å². The second kappa shape index (κ2) is 8.71. The van der Waals surface area contributed by atoms with Crippen LogP contribution in [0, 0.1) is 0 Å². The van der Waals surface area contributed by atoms with Crippen molar-refractivity contribution in [3.8, 4) is 11.5 Å². The fourth-order valence-corrected chi connectivity index (χ4v) is 5.08. The number of carboxylic acid groups (broad SMARTS) is 1. The van der Waals surface area contributed by atoms with Crippen LogP contribution in [0.4, 0.5) is 11.8 Å². The summed E-state index contributed by atoms with van der Waals surface area (Å²) < 4.78 is 37.9. The Bertz CT molecular complexity index is 1300. The topological polar surface area (TPSA) is 148 Å². The molecule has 0 saturated carbocycles. The molecule has 174 valence electrons. The summed E-state index contributed by atoms with van der Waals surface area (Å²) in [6.07, 6.45) is 0. The van der Waals surface area contributed by atoms with Crippen LogP contribution in [0.25, 0.3) is 10.9 Å².